The second kappa shape index (κ2) is 8.58. The summed E-state index contributed by atoms with van der Waals surface area (Å²) in [6.07, 6.45) is 9.83. The van der Waals surface area contributed by atoms with Crippen LogP contribution in [0.2, 0.25) is 0 Å². The van der Waals surface area contributed by atoms with Crippen molar-refractivity contribution < 1.29 is 4.74 Å². The minimum absolute atomic E-state index is 0.943. The van der Waals surface area contributed by atoms with Crippen LogP contribution in [-0.2, 0) is 0 Å². The number of hydrogen-bond donors (Lipinski definition) is 1. The van der Waals surface area contributed by atoms with E-state index in [1.165, 1.54) is 76.8 Å². The van der Waals surface area contributed by atoms with Crippen molar-refractivity contribution in [1.29, 1.82) is 0 Å². The fourth-order valence-electron chi connectivity index (χ4n) is 4.15. The summed E-state index contributed by atoms with van der Waals surface area (Å²) in [5, 5.41) is 3.47. The van der Waals surface area contributed by atoms with E-state index in [1.54, 1.807) is 7.11 Å². The number of piperidine rings is 2. The minimum atomic E-state index is 0.943. The average Bonchev–Trinajstić information content (AvgIpc) is 2.63. The van der Waals surface area contributed by atoms with Crippen molar-refractivity contribution in [2.45, 2.75) is 44.9 Å². The van der Waals surface area contributed by atoms with Gasteiger partial charge >= 0.3 is 0 Å². The van der Waals surface area contributed by atoms with Crippen molar-refractivity contribution >= 4 is 5.69 Å². The molecule has 128 valence electrons. The third kappa shape index (κ3) is 4.87. The molecule has 0 atom stereocenters. The topological polar surface area (TPSA) is 24.5 Å². The fraction of sp³-hybridized carbons (Fsp3) is 0.700. The molecule has 1 aromatic rings. The van der Waals surface area contributed by atoms with Crippen LogP contribution in [0.15, 0.2) is 24.3 Å². The zero-order chi connectivity index (χ0) is 15.9. The van der Waals surface area contributed by atoms with Gasteiger partial charge in [0.2, 0.25) is 0 Å². The molecule has 3 heteroatoms. The van der Waals surface area contributed by atoms with Gasteiger partial charge in [0, 0.05) is 24.8 Å². The van der Waals surface area contributed by atoms with E-state index in [0.717, 1.165) is 17.6 Å². The lowest BCUT2D eigenvalue weighted by atomic mass is 9.87. The van der Waals surface area contributed by atoms with Crippen LogP contribution in [0.25, 0.3) is 0 Å². The number of hydrogen-bond acceptors (Lipinski definition) is 3. The van der Waals surface area contributed by atoms with Crippen LogP contribution in [0, 0.1) is 11.8 Å². The normalized spacial score (nSPS) is 20.7. The average molecular weight is 316 g/mol. The van der Waals surface area contributed by atoms with E-state index in [4.69, 9.17) is 4.74 Å². The van der Waals surface area contributed by atoms with Gasteiger partial charge in [-0.05, 0) is 62.7 Å². The van der Waals surface area contributed by atoms with E-state index in [-0.39, 0.29) is 0 Å². The van der Waals surface area contributed by atoms with Crippen molar-refractivity contribution in [1.82, 2.24) is 5.32 Å². The second-order valence-electron chi connectivity index (χ2n) is 7.26. The Bertz CT molecular complexity index is 462. The first-order chi connectivity index (χ1) is 11.3. The Hall–Kier alpha value is -1.22. The number of ether oxygens (including phenoxy) is 1. The Morgan fingerprint density at radius 1 is 1.04 bits per heavy atom. The summed E-state index contributed by atoms with van der Waals surface area (Å²) in [5.74, 6) is 2.90. The molecule has 0 aromatic heterocycles. The maximum atomic E-state index is 5.35. The lowest BCUT2D eigenvalue weighted by Gasteiger charge is -2.34. The van der Waals surface area contributed by atoms with Crippen molar-refractivity contribution in [2.75, 3.05) is 38.2 Å². The van der Waals surface area contributed by atoms with E-state index < -0.39 is 0 Å². The van der Waals surface area contributed by atoms with Crippen molar-refractivity contribution in [3.8, 4) is 5.75 Å². The van der Waals surface area contributed by atoms with Crippen LogP contribution in [0.5, 0.6) is 5.75 Å². The highest BCUT2D eigenvalue weighted by Gasteiger charge is 2.20. The highest BCUT2D eigenvalue weighted by atomic mass is 16.5. The first-order valence-electron chi connectivity index (χ1n) is 9.45. The van der Waals surface area contributed by atoms with Crippen LogP contribution in [0.3, 0.4) is 0 Å². The molecular weight excluding hydrogens is 284 g/mol. The van der Waals surface area contributed by atoms with Gasteiger partial charge in [-0.2, -0.15) is 0 Å². The molecule has 0 bridgehead atoms. The molecule has 23 heavy (non-hydrogen) atoms. The summed E-state index contributed by atoms with van der Waals surface area (Å²) >= 11 is 0. The van der Waals surface area contributed by atoms with Crippen LogP contribution in [-0.4, -0.2) is 33.3 Å². The predicted octanol–water partition coefficient (Wildman–Crippen LogP) is 4.08. The molecule has 3 rings (SSSR count). The van der Waals surface area contributed by atoms with Gasteiger partial charge < -0.3 is 15.0 Å². The Labute approximate surface area is 141 Å². The van der Waals surface area contributed by atoms with E-state index in [2.05, 4.69) is 28.4 Å². The molecule has 0 spiro atoms. The molecule has 2 fully saturated rings. The SMILES string of the molecule is COc1cccc(N2CCC(CCCC3CCNCC3)CC2)c1. The van der Waals surface area contributed by atoms with Gasteiger partial charge in [0.15, 0.2) is 0 Å². The van der Waals surface area contributed by atoms with Crippen LogP contribution in [0.4, 0.5) is 5.69 Å². The lowest BCUT2D eigenvalue weighted by molar-refractivity contribution is 0.313. The van der Waals surface area contributed by atoms with Crippen LogP contribution < -0.4 is 15.0 Å². The summed E-state index contributed by atoms with van der Waals surface area (Å²) in [4.78, 5) is 2.52. The summed E-state index contributed by atoms with van der Waals surface area (Å²) in [7, 11) is 1.74. The molecule has 2 aliphatic rings. The van der Waals surface area contributed by atoms with Crippen LogP contribution >= 0.6 is 0 Å². The van der Waals surface area contributed by atoms with E-state index >= 15 is 0 Å². The monoisotopic (exact) mass is 316 g/mol. The summed E-state index contributed by atoms with van der Waals surface area (Å²) in [6.45, 7) is 4.88. The van der Waals surface area contributed by atoms with Crippen molar-refractivity contribution in [3.05, 3.63) is 24.3 Å². The molecule has 0 amide bonds. The highest BCUT2D eigenvalue weighted by Crippen LogP contribution is 2.29. The number of rotatable bonds is 6. The first kappa shape index (κ1) is 16.6. The Morgan fingerprint density at radius 3 is 2.43 bits per heavy atom. The van der Waals surface area contributed by atoms with Gasteiger partial charge in [0.05, 0.1) is 7.11 Å². The van der Waals surface area contributed by atoms with E-state index in [0.29, 0.717) is 0 Å². The maximum absolute atomic E-state index is 5.35. The molecule has 0 unspecified atom stereocenters. The molecular formula is C20H32N2O. The van der Waals surface area contributed by atoms with E-state index in [1.807, 2.05) is 6.07 Å². The van der Waals surface area contributed by atoms with Gasteiger partial charge in [0.25, 0.3) is 0 Å². The predicted molar refractivity (Wildman–Crippen MR) is 97.4 cm³/mol. The van der Waals surface area contributed by atoms with Gasteiger partial charge in [0.1, 0.15) is 5.75 Å². The highest BCUT2D eigenvalue weighted by molar-refractivity contribution is 5.50. The first-order valence-corrected chi connectivity index (χ1v) is 9.45. The molecule has 0 radical (unpaired) electrons. The molecule has 3 nitrogen and oxygen atoms in total. The van der Waals surface area contributed by atoms with Crippen molar-refractivity contribution in [2.24, 2.45) is 11.8 Å². The standard InChI is InChI=1S/C20H32N2O/c1-23-20-7-3-6-19(16-20)22-14-10-18(11-15-22)5-2-4-17-8-12-21-13-9-17/h3,6-7,16-18,21H,2,4-5,8-15H2,1H3. The second-order valence-corrected chi connectivity index (χ2v) is 7.26. The van der Waals surface area contributed by atoms with Gasteiger partial charge in [-0.15, -0.1) is 0 Å². The number of anilines is 1. The summed E-state index contributed by atoms with van der Waals surface area (Å²) in [5.41, 5.74) is 1.32. The largest absolute Gasteiger partial charge is 0.497 e. The molecule has 1 aromatic carbocycles. The molecule has 1 N–H and O–H groups in total. The third-order valence-electron chi connectivity index (χ3n) is 5.72. The Kier molecular flexibility index (Phi) is 6.21. The maximum Gasteiger partial charge on any atom is 0.120 e. The van der Waals surface area contributed by atoms with Gasteiger partial charge in [-0.1, -0.05) is 25.3 Å². The summed E-state index contributed by atoms with van der Waals surface area (Å²) < 4.78 is 5.35. The molecule has 2 saturated heterocycles. The summed E-state index contributed by atoms with van der Waals surface area (Å²) in [6, 6.07) is 8.49. The van der Waals surface area contributed by atoms with E-state index in [9.17, 15) is 0 Å². The Morgan fingerprint density at radius 2 is 1.74 bits per heavy atom. The Balaban J connectivity index is 1.38. The van der Waals surface area contributed by atoms with Crippen molar-refractivity contribution in [3.63, 3.8) is 0 Å². The zero-order valence-corrected chi connectivity index (χ0v) is 14.6. The van der Waals surface area contributed by atoms with Gasteiger partial charge in [-0.3, -0.25) is 0 Å². The lowest BCUT2D eigenvalue weighted by Crippen LogP contribution is -2.33. The number of nitrogens with one attached hydrogen (secondary N) is 1. The van der Waals surface area contributed by atoms with Gasteiger partial charge in [-0.25, -0.2) is 0 Å². The number of nitrogens with zero attached hydrogens (tertiary/aromatic N) is 1. The molecule has 2 aliphatic heterocycles. The zero-order valence-electron chi connectivity index (χ0n) is 14.6. The third-order valence-corrected chi connectivity index (χ3v) is 5.72. The quantitative estimate of drug-likeness (QED) is 0.856. The van der Waals surface area contributed by atoms with Crippen LogP contribution in [0.1, 0.15) is 44.9 Å². The smallest absolute Gasteiger partial charge is 0.120 e. The number of methoxy groups -OCH3 is 1. The molecule has 2 heterocycles. The minimum Gasteiger partial charge on any atom is -0.497 e. The molecule has 0 saturated carbocycles. The fourth-order valence-corrected chi connectivity index (χ4v) is 4.15. The molecule has 0 aliphatic carbocycles. The number of benzene rings is 1.